The van der Waals surface area contributed by atoms with Crippen LogP contribution in [0.15, 0.2) is 24.3 Å². The zero-order valence-electron chi connectivity index (χ0n) is 13.5. The first kappa shape index (κ1) is 17.0. The van der Waals surface area contributed by atoms with Crippen LogP contribution >= 0.6 is 0 Å². The molecule has 114 valence electrons. The Morgan fingerprint density at radius 1 is 1.15 bits per heavy atom. The van der Waals surface area contributed by atoms with Crippen molar-refractivity contribution < 1.29 is 9.47 Å². The first-order valence-corrected chi connectivity index (χ1v) is 7.44. The van der Waals surface area contributed by atoms with E-state index < -0.39 is 0 Å². The summed E-state index contributed by atoms with van der Waals surface area (Å²) >= 11 is 0. The summed E-state index contributed by atoms with van der Waals surface area (Å²) in [6.45, 7) is 10.3. The fourth-order valence-corrected chi connectivity index (χ4v) is 1.84. The van der Waals surface area contributed by atoms with E-state index in [1.807, 2.05) is 12.1 Å². The van der Waals surface area contributed by atoms with Gasteiger partial charge in [-0.15, -0.1) is 0 Å². The van der Waals surface area contributed by atoms with Crippen LogP contribution in [0.4, 0.5) is 0 Å². The number of rotatable bonds is 8. The molecular weight excluding hydrogens is 250 g/mol. The quantitative estimate of drug-likeness (QED) is 0.791. The van der Waals surface area contributed by atoms with Crippen molar-refractivity contribution in [3.05, 3.63) is 29.8 Å². The predicted octanol–water partition coefficient (Wildman–Crippen LogP) is 3.42. The zero-order chi connectivity index (χ0) is 15.0. The smallest absolute Gasteiger partial charge is 0.119 e. The highest BCUT2D eigenvalue weighted by Crippen LogP contribution is 2.15. The summed E-state index contributed by atoms with van der Waals surface area (Å²) in [7, 11) is 1.73. The van der Waals surface area contributed by atoms with Crippen LogP contribution < -0.4 is 10.1 Å². The lowest BCUT2D eigenvalue weighted by Gasteiger charge is -2.25. The summed E-state index contributed by atoms with van der Waals surface area (Å²) in [4.78, 5) is 0. The highest BCUT2D eigenvalue weighted by atomic mass is 16.5. The number of hydrogen-bond donors (Lipinski definition) is 1. The van der Waals surface area contributed by atoms with E-state index in [0.717, 1.165) is 31.7 Å². The molecule has 3 nitrogen and oxygen atoms in total. The molecule has 0 aromatic heterocycles. The summed E-state index contributed by atoms with van der Waals surface area (Å²) in [5.41, 5.74) is 1.40. The van der Waals surface area contributed by atoms with Crippen LogP contribution in [-0.2, 0) is 11.2 Å². The molecule has 0 bridgehead atoms. The molecule has 1 aromatic carbocycles. The molecule has 3 heteroatoms. The molecule has 20 heavy (non-hydrogen) atoms. The van der Waals surface area contributed by atoms with E-state index >= 15 is 0 Å². The minimum absolute atomic E-state index is 0.126. The maximum Gasteiger partial charge on any atom is 0.119 e. The summed E-state index contributed by atoms with van der Waals surface area (Å²) in [5.74, 6) is 0.939. The van der Waals surface area contributed by atoms with Crippen LogP contribution in [0, 0.1) is 0 Å². The van der Waals surface area contributed by atoms with Crippen LogP contribution in [0.5, 0.6) is 5.75 Å². The van der Waals surface area contributed by atoms with Crippen LogP contribution in [0.3, 0.4) is 0 Å². The fourth-order valence-electron chi connectivity index (χ4n) is 1.84. The van der Waals surface area contributed by atoms with Gasteiger partial charge < -0.3 is 14.8 Å². The van der Waals surface area contributed by atoms with Gasteiger partial charge in [-0.2, -0.15) is 0 Å². The minimum atomic E-state index is 0.126. The Morgan fingerprint density at radius 3 is 2.30 bits per heavy atom. The maximum absolute atomic E-state index is 6.02. The molecule has 1 rings (SSSR count). The van der Waals surface area contributed by atoms with Crippen molar-refractivity contribution in [2.75, 3.05) is 20.3 Å². The summed E-state index contributed by atoms with van der Waals surface area (Å²) in [5, 5.41) is 3.49. The van der Waals surface area contributed by atoms with E-state index in [0.29, 0.717) is 0 Å². The van der Waals surface area contributed by atoms with E-state index in [4.69, 9.17) is 9.47 Å². The standard InChI is InChI=1S/C17H29NO2/c1-6-15(13-18-17(2,3)4)20-16-9-7-14(8-10-16)11-12-19-5/h7-10,15,18H,6,11-13H2,1-5H3. The molecule has 0 heterocycles. The van der Waals surface area contributed by atoms with Crippen molar-refractivity contribution in [3.8, 4) is 5.75 Å². The summed E-state index contributed by atoms with van der Waals surface area (Å²) < 4.78 is 11.1. The van der Waals surface area contributed by atoms with E-state index in [1.54, 1.807) is 7.11 Å². The molecule has 0 aliphatic carbocycles. The Labute approximate surface area is 123 Å². The number of hydrogen-bond acceptors (Lipinski definition) is 3. The third-order valence-corrected chi connectivity index (χ3v) is 3.14. The Bertz CT molecular complexity index is 368. The molecular formula is C17H29NO2. The molecule has 0 fully saturated rings. The molecule has 1 unspecified atom stereocenters. The SMILES string of the molecule is CCC(CNC(C)(C)C)Oc1ccc(CCOC)cc1. The van der Waals surface area contributed by atoms with Crippen molar-refractivity contribution >= 4 is 0 Å². The summed E-state index contributed by atoms with van der Waals surface area (Å²) in [6.07, 6.45) is 2.15. The van der Waals surface area contributed by atoms with Crippen molar-refractivity contribution in [1.82, 2.24) is 5.32 Å². The Balaban J connectivity index is 2.48. The largest absolute Gasteiger partial charge is 0.489 e. The van der Waals surface area contributed by atoms with Gasteiger partial charge in [0.05, 0.1) is 6.61 Å². The van der Waals surface area contributed by atoms with Gasteiger partial charge in [0, 0.05) is 19.2 Å². The third-order valence-electron chi connectivity index (χ3n) is 3.14. The van der Waals surface area contributed by atoms with E-state index in [9.17, 15) is 0 Å². The normalized spacial score (nSPS) is 13.2. The summed E-state index contributed by atoms with van der Waals surface area (Å²) in [6, 6.07) is 8.31. The predicted molar refractivity (Wildman–Crippen MR) is 84.5 cm³/mol. The average molecular weight is 279 g/mol. The van der Waals surface area contributed by atoms with Crippen molar-refractivity contribution in [1.29, 1.82) is 0 Å². The fraction of sp³-hybridized carbons (Fsp3) is 0.647. The van der Waals surface area contributed by atoms with Gasteiger partial charge in [-0.1, -0.05) is 19.1 Å². The van der Waals surface area contributed by atoms with Gasteiger partial charge in [-0.05, 0) is 51.3 Å². The molecule has 1 N–H and O–H groups in total. The van der Waals surface area contributed by atoms with Crippen molar-refractivity contribution in [2.45, 2.75) is 52.2 Å². The highest BCUT2D eigenvalue weighted by molar-refractivity contribution is 5.27. The maximum atomic E-state index is 6.02. The molecule has 1 aromatic rings. The van der Waals surface area contributed by atoms with Gasteiger partial charge in [0.15, 0.2) is 0 Å². The second-order valence-electron chi connectivity index (χ2n) is 6.17. The second-order valence-corrected chi connectivity index (χ2v) is 6.17. The van der Waals surface area contributed by atoms with Crippen LogP contribution in [0.25, 0.3) is 0 Å². The lowest BCUT2D eigenvalue weighted by atomic mass is 10.1. The number of nitrogens with one attached hydrogen (secondary N) is 1. The number of benzene rings is 1. The Kier molecular flexibility index (Phi) is 7.03. The lowest BCUT2D eigenvalue weighted by Crippen LogP contribution is -2.42. The molecule has 0 spiro atoms. The van der Waals surface area contributed by atoms with Gasteiger partial charge in [0.1, 0.15) is 11.9 Å². The molecule has 1 atom stereocenters. The first-order chi connectivity index (χ1) is 9.44. The topological polar surface area (TPSA) is 30.5 Å². The molecule has 0 aliphatic rings. The number of methoxy groups -OCH3 is 1. The highest BCUT2D eigenvalue weighted by Gasteiger charge is 2.14. The molecule has 0 saturated carbocycles. The molecule has 0 radical (unpaired) electrons. The van der Waals surface area contributed by atoms with Crippen LogP contribution in [-0.4, -0.2) is 31.9 Å². The average Bonchev–Trinajstić information content (AvgIpc) is 2.41. The molecule has 0 aliphatic heterocycles. The van der Waals surface area contributed by atoms with Gasteiger partial charge in [0.25, 0.3) is 0 Å². The van der Waals surface area contributed by atoms with Crippen molar-refractivity contribution in [2.24, 2.45) is 0 Å². The second kappa shape index (κ2) is 8.28. The van der Waals surface area contributed by atoms with E-state index in [-0.39, 0.29) is 11.6 Å². The molecule has 0 amide bonds. The van der Waals surface area contributed by atoms with Crippen molar-refractivity contribution in [3.63, 3.8) is 0 Å². The van der Waals surface area contributed by atoms with E-state index in [1.165, 1.54) is 5.56 Å². The Morgan fingerprint density at radius 2 is 1.80 bits per heavy atom. The minimum Gasteiger partial charge on any atom is -0.489 e. The van der Waals surface area contributed by atoms with Gasteiger partial charge >= 0.3 is 0 Å². The van der Waals surface area contributed by atoms with Crippen LogP contribution in [0.2, 0.25) is 0 Å². The zero-order valence-corrected chi connectivity index (χ0v) is 13.5. The van der Waals surface area contributed by atoms with E-state index in [2.05, 4.69) is 45.1 Å². The van der Waals surface area contributed by atoms with Gasteiger partial charge in [-0.25, -0.2) is 0 Å². The van der Waals surface area contributed by atoms with Gasteiger partial charge in [-0.3, -0.25) is 0 Å². The van der Waals surface area contributed by atoms with Crippen LogP contribution in [0.1, 0.15) is 39.7 Å². The third kappa shape index (κ3) is 6.92. The first-order valence-electron chi connectivity index (χ1n) is 7.44. The Hall–Kier alpha value is -1.06. The lowest BCUT2D eigenvalue weighted by molar-refractivity contribution is 0.181. The van der Waals surface area contributed by atoms with Gasteiger partial charge in [0.2, 0.25) is 0 Å². The monoisotopic (exact) mass is 279 g/mol. The molecule has 0 saturated heterocycles. The number of ether oxygens (including phenoxy) is 2.